The van der Waals surface area contributed by atoms with Gasteiger partial charge >= 0.3 is 0 Å². The number of carboxylic acid groups (broad SMARTS) is 1. The van der Waals surface area contributed by atoms with E-state index in [-0.39, 0.29) is 5.78 Å². The van der Waals surface area contributed by atoms with Crippen molar-refractivity contribution < 1.29 is 19.6 Å². The number of benzene rings is 2. The fraction of sp³-hybridized carbons (Fsp3) is 0.238. The number of aliphatic carboxylic acids is 1. The zero-order chi connectivity index (χ0) is 19.9. The van der Waals surface area contributed by atoms with E-state index >= 15 is 0 Å². The molecule has 1 N–H and O–H groups in total. The predicted octanol–water partition coefficient (Wildman–Crippen LogP) is 1.73. The third-order valence-electron chi connectivity index (χ3n) is 2.98. The van der Waals surface area contributed by atoms with Gasteiger partial charge in [-0.05, 0) is 6.08 Å². The highest BCUT2D eigenvalue weighted by atomic mass is 35.5. The molecule has 26 heavy (non-hydrogen) atoms. The number of hydrogen-bond donors (Lipinski definition) is 1. The van der Waals surface area contributed by atoms with Crippen LogP contribution >= 0.6 is 11.6 Å². The van der Waals surface area contributed by atoms with Crippen LogP contribution in [0.3, 0.4) is 0 Å². The molecule has 0 saturated carbocycles. The van der Waals surface area contributed by atoms with Gasteiger partial charge in [0.2, 0.25) is 0 Å². The lowest BCUT2D eigenvalue weighted by molar-refractivity contribution is -0.872. The van der Waals surface area contributed by atoms with Crippen molar-refractivity contribution in [3.05, 3.63) is 83.9 Å². The summed E-state index contributed by atoms with van der Waals surface area (Å²) in [4.78, 5) is 22.7. The van der Waals surface area contributed by atoms with Gasteiger partial charge in [-0.3, -0.25) is 4.79 Å². The van der Waals surface area contributed by atoms with Crippen LogP contribution in [0, 0.1) is 0 Å². The van der Waals surface area contributed by atoms with Gasteiger partial charge in [-0.15, -0.1) is 11.6 Å². The number of rotatable bonds is 5. The van der Waals surface area contributed by atoms with Gasteiger partial charge in [0.25, 0.3) is 0 Å². The summed E-state index contributed by atoms with van der Waals surface area (Å²) in [6.07, 6.45) is 0.722. The summed E-state index contributed by atoms with van der Waals surface area (Å²) >= 11 is 5.00. The Balaban J connectivity index is 0.000000663. The smallest absolute Gasteiger partial charge is 0.193 e. The highest BCUT2D eigenvalue weighted by Gasteiger charge is 2.08. The number of carbonyl (C=O) groups excluding carboxylic acids is 2. The number of alkyl halides is 1. The van der Waals surface area contributed by atoms with Gasteiger partial charge in [0.15, 0.2) is 5.78 Å². The molecule has 0 heterocycles. The van der Waals surface area contributed by atoms with E-state index in [1.807, 2.05) is 61.5 Å². The number of carboxylic acids is 1. The van der Waals surface area contributed by atoms with Crippen LogP contribution in [0.2, 0.25) is 0 Å². The number of halogens is 1. The second-order valence-corrected chi connectivity index (χ2v) is 6.10. The van der Waals surface area contributed by atoms with Crippen molar-refractivity contribution in [3.8, 4) is 0 Å². The summed E-state index contributed by atoms with van der Waals surface area (Å²) < 4.78 is 0. The molecule has 0 amide bonds. The summed E-state index contributed by atoms with van der Waals surface area (Å²) in [6, 6.07) is 17.3. The van der Waals surface area contributed by atoms with Crippen LogP contribution in [0.5, 0.6) is 0 Å². The summed E-state index contributed by atoms with van der Waals surface area (Å²) in [5.74, 6) is -0.427. The molecule has 5 heteroatoms. The molecule has 0 aliphatic carbocycles. The lowest BCUT2D eigenvalue weighted by atomic mass is 10.0. The van der Waals surface area contributed by atoms with Crippen LogP contribution in [0.25, 0.3) is 0 Å². The molecule has 0 saturated heterocycles. The Morgan fingerprint density at radius 2 is 1.46 bits per heavy atom. The van der Waals surface area contributed by atoms with E-state index in [1.54, 1.807) is 0 Å². The largest absolute Gasteiger partial charge is 0.545 e. The van der Waals surface area contributed by atoms with Gasteiger partial charge < -0.3 is 14.8 Å². The van der Waals surface area contributed by atoms with Crippen LogP contribution in [0.1, 0.15) is 28.4 Å². The van der Waals surface area contributed by atoms with Crippen molar-refractivity contribution >= 4 is 23.4 Å². The number of ketones is 1. The standard InChI is InChI=1S/C16H17NO.C3H4O2.C2H5Cl/c1-17(2)12-13-8-10-15(11-9-13)16(18)14-6-4-3-5-7-14;1-2-3(4)5;1-2-3/h3-11H,12H2,1-2H3;2H,1H2,(H,4,5);2H2,1H3. The average Bonchev–Trinajstić information content (AvgIpc) is 2.63. The van der Waals surface area contributed by atoms with Crippen LogP contribution in [0.4, 0.5) is 0 Å². The Labute approximate surface area is 160 Å². The summed E-state index contributed by atoms with van der Waals surface area (Å²) in [5.41, 5.74) is 2.74. The molecule has 2 aromatic rings. The molecule has 0 spiro atoms. The van der Waals surface area contributed by atoms with E-state index in [0.717, 1.165) is 29.6 Å². The quantitative estimate of drug-likeness (QED) is 0.492. The molecule has 0 unspecified atom stereocenters. The predicted molar refractivity (Wildman–Crippen MR) is 104 cm³/mol. The molecule has 2 aromatic carbocycles. The molecule has 0 radical (unpaired) electrons. The first-order valence-corrected chi connectivity index (χ1v) is 8.76. The normalized spacial score (nSPS) is 9.27. The summed E-state index contributed by atoms with van der Waals surface area (Å²) in [5, 5.41) is 9.14. The van der Waals surface area contributed by atoms with Gasteiger partial charge in [-0.1, -0.05) is 68.1 Å². The van der Waals surface area contributed by atoms with E-state index in [0.29, 0.717) is 0 Å². The first-order chi connectivity index (χ1) is 12.3. The van der Waals surface area contributed by atoms with Gasteiger partial charge in [0.05, 0.1) is 20.1 Å². The Morgan fingerprint density at radius 1 is 1.04 bits per heavy atom. The van der Waals surface area contributed by atoms with Gasteiger partial charge in [0, 0.05) is 22.6 Å². The maximum Gasteiger partial charge on any atom is 0.193 e. The minimum absolute atomic E-state index is 0.0827. The second kappa shape index (κ2) is 13.8. The lowest BCUT2D eigenvalue weighted by Gasteiger charge is -2.07. The minimum atomic E-state index is -1.23. The first-order valence-electron chi connectivity index (χ1n) is 8.22. The molecule has 140 valence electrons. The molecule has 0 aromatic heterocycles. The number of quaternary nitrogens is 1. The van der Waals surface area contributed by atoms with Crippen LogP contribution in [-0.4, -0.2) is 31.7 Å². The maximum absolute atomic E-state index is 12.2. The van der Waals surface area contributed by atoms with Crippen molar-refractivity contribution in [1.82, 2.24) is 0 Å². The lowest BCUT2D eigenvalue weighted by Crippen LogP contribution is -3.04. The van der Waals surface area contributed by atoms with E-state index in [9.17, 15) is 4.79 Å². The Morgan fingerprint density at radius 3 is 1.85 bits per heavy atom. The van der Waals surface area contributed by atoms with E-state index in [4.69, 9.17) is 21.5 Å². The van der Waals surface area contributed by atoms with Crippen molar-refractivity contribution in [3.63, 3.8) is 0 Å². The van der Waals surface area contributed by atoms with Crippen LogP contribution < -0.4 is 10.0 Å². The summed E-state index contributed by atoms with van der Waals surface area (Å²) in [6.45, 7) is 5.76. The number of nitrogens with one attached hydrogen (secondary N) is 1. The SMILES string of the molecule is C=CC(=O)[O-].CCCl.C[NH+](C)Cc1ccc(C(=O)c2ccccc2)cc1. The maximum atomic E-state index is 12.2. The molecular formula is C21H26ClNO3. The second-order valence-electron chi connectivity index (χ2n) is 5.57. The zero-order valence-electron chi connectivity index (χ0n) is 15.5. The Kier molecular flexibility index (Phi) is 12.5. The highest BCUT2D eigenvalue weighted by molar-refractivity contribution is 6.17. The van der Waals surface area contributed by atoms with Crippen molar-refractivity contribution in [2.45, 2.75) is 13.5 Å². The number of carbonyl (C=O) groups is 2. The van der Waals surface area contributed by atoms with E-state index in [2.05, 4.69) is 20.7 Å². The van der Waals surface area contributed by atoms with Crippen molar-refractivity contribution in [2.24, 2.45) is 0 Å². The summed E-state index contributed by atoms with van der Waals surface area (Å²) in [7, 11) is 4.23. The number of hydrogen-bond acceptors (Lipinski definition) is 3. The van der Waals surface area contributed by atoms with Gasteiger partial charge in [-0.2, -0.15) is 0 Å². The molecular weight excluding hydrogens is 350 g/mol. The monoisotopic (exact) mass is 375 g/mol. The Bertz CT molecular complexity index is 667. The van der Waals surface area contributed by atoms with Crippen molar-refractivity contribution in [1.29, 1.82) is 0 Å². The molecule has 0 aliphatic rings. The molecule has 0 fully saturated rings. The Hall–Kier alpha value is -2.43. The molecule has 2 rings (SSSR count). The van der Waals surface area contributed by atoms with E-state index < -0.39 is 5.97 Å². The minimum Gasteiger partial charge on any atom is -0.545 e. The zero-order valence-corrected chi connectivity index (χ0v) is 16.3. The molecule has 0 aliphatic heterocycles. The first kappa shape index (κ1) is 23.6. The fourth-order valence-corrected chi connectivity index (χ4v) is 1.94. The van der Waals surface area contributed by atoms with E-state index in [1.165, 1.54) is 10.5 Å². The third kappa shape index (κ3) is 10.4. The van der Waals surface area contributed by atoms with Crippen LogP contribution in [-0.2, 0) is 11.3 Å². The van der Waals surface area contributed by atoms with Gasteiger partial charge in [-0.25, -0.2) is 0 Å². The molecule has 4 nitrogen and oxygen atoms in total. The highest BCUT2D eigenvalue weighted by Crippen LogP contribution is 2.10. The molecule has 0 bridgehead atoms. The third-order valence-corrected chi connectivity index (χ3v) is 2.98. The van der Waals surface area contributed by atoms with Crippen LogP contribution in [0.15, 0.2) is 67.3 Å². The molecule has 0 atom stereocenters. The fourth-order valence-electron chi connectivity index (χ4n) is 1.94. The average molecular weight is 376 g/mol. The van der Waals surface area contributed by atoms with Crippen molar-refractivity contribution in [2.75, 3.05) is 20.0 Å². The van der Waals surface area contributed by atoms with Gasteiger partial charge in [0.1, 0.15) is 6.54 Å². The topological polar surface area (TPSA) is 61.6 Å².